The van der Waals surface area contributed by atoms with Crippen molar-refractivity contribution in [1.82, 2.24) is 15.1 Å². The van der Waals surface area contributed by atoms with E-state index in [1.54, 1.807) is 16.7 Å². The highest BCUT2D eigenvalue weighted by Crippen LogP contribution is 2.25. The Hall–Kier alpha value is -1.25. The van der Waals surface area contributed by atoms with Crippen molar-refractivity contribution in [2.75, 3.05) is 30.9 Å². The zero-order valence-electron chi connectivity index (χ0n) is 13.4. The maximum atomic E-state index is 12.2. The standard InChI is InChI=1S/C15H20N4OS3/c1-4-16-14-17-18-15(23-14)22-10-13(20)19(2)9-11-5-7-12(21-3)8-6-11/h5-8H,4,9-10H2,1-3H3,(H,16,17). The van der Waals surface area contributed by atoms with Gasteiger partial charge in [0.05, 0.1) is 5.75 Å². The Bertz CT molecular complexity index is 630. The molecule has 1 heterocycles. The van der Waals surface area contributed by atoms with E-state index in [1.165, 1.54) is 28.0 Å². The number of anilines is 1. The Morgan fingerprint density at radius 2 is 2.04 bits per heavy atom. The van der Waals surface area contributed by atoms with Gasteiger partial charge in [-0.1, -0.05) is 35.2 Å². The number of nitrogens with zero attached hydrogens (tertiary/aromatic N) is 3. The zero-order valence-corrected chi connectivity index (χ0v) is 15.9. The van der Waals surface area contributed by atoms with E-state index in [1.807, 2.05) is 14.0 Å². The number of carbonyl (C=O) groups is 1. The molecule has 0 spiro atoms. The molecule has 0 unspecified atom stereocenters. The van der Waals surface area contributed by atoms with Crippen LogP contribution >= 0.6 is 34.9 Å². The third-order valence-corrected chi connectivity index (χ3v) is 5.80. The fraction of sp³-hybridized carbons (Fsp3) is 0.400. The van der Waals surface area contributed by atoms with Crippen molar-refractivity contribution in [3.8, 4) is 0 Å². The Balaban J connectivity index is 1.81. The first-order valence-corrected chi connectivity index (χ1v) is 10.2. The van der Waals surface area contributed by atoms with Crippen LogP contribution in [0, 0.1) is 0 Å². The van der Waals surface area contributed by atoms with Gasteiger partial charge in [-0.25, -0.2) is 0 Å². The van der Waals surface area contributed by atoms with Crippen LogP contribution < -0.4 is 5.32 Å². The topological polar surface area (TPSA) is 58.1 Å². The largest absolute Gasteiger partial charge is 0.360 e. The lowest BCUT2D eigenvalue weighted by molar-refractivity contribution is -0.127. The summed E-state index contributed by atoms with van der Waals surface area (Å²) in [5.41, 5.74) is 1.13. The molecule has 124 valence electrons. The smallest absolute Gasteiger partial charge is 0.233 e. The number of nitrogens with one attached hydrogen (secondary N) is 1. The Morgan fingerprint density at radius 1 is 1.30 bits per heavy atom. The van der Waals surface area contributed by atoms with Gasteiger partial charge in [-0.2, -0.15) is 0 Å². The molecule has 0 saturated heterocycles. The summed E-state index contributed by atoms with van der Waals surface area (Å²) in [4.78, 5) is 15.2. The van der Waals surface area contributed by atoms with Gasteiger partial charge < -0.3 is 10.2 Å². The minimum absolute atomic E-state index is 0.0872. The Kier molecular flexibility index (Phi) is 7.19. The Morgan fingerprint density at radius 3 is 2.70 bits per heavy atom. The molecule has 0 aliphatic carbocycles. The third kappa shape index (κ3) is 5.71. The molecule has 2 aromatic rings. The van der Waals surface area contributed by atoms with Gasteiger partial charge in [-0.3, -0.25) is 4.79 Å². The van der Waals surface area contributed by atoms with Gasteiger partial charge >= 0.3 is 0 Å². The lowest BCUT2D eigenvalue weighted by Gasteiger charge is -2.16. The van der Waals surface area contributed by atoms with Crippen LogP contribution in [0.1, 0.15) is 12.5 Å². The van der Waals surface area contributed by atoms with E-state index in [4.69, 9.17) is 0 Å². The summed E-state index contributed by atoms with van der Waals surface area (Å²) in [6.45, 7) is 3.45. The molecule has 1 aromatic carbocycles. The van der Waals surface area contributed by atoms with E-state index in [9.17, 15) is 4.79 Å². The summed E-state index contributed by atoms with van der Waals surface area (Å²) >= 11 is 4.62. The molecule has 1 aromatic heterocycles. The molecule has 0 saturated carbocycles. The van der Waals surface area contributed by atoms with Gasteiger partial charge in [-0.15, -0.1) is 22.0 Å². The number of benzene rings is 1. The van der Waals surface area contributed by atoms with E-state index in [2.05, 4.69) is 46.0 Å². The third-order valence-electron chi connectivity index (χ3n) is 3.06. The minimum Gasteiger partial charge on any atom is -0.360 e. The van der Waals surface area contributed by atoms with Crippen LogP contribution in [0.5, 0.6) is 0 Å². The molecule has 0 bridgehead atoms. The summed E-state index contributed by atoms with van der Waals surface area (Å²) in [6, 6.07) is 8.29. The summed E-state index contributed by atoms with van der Waals surface area (Å²) in [6.07, 6.45) is 2.05. The second kappa shape index (κ2) is 9.14. The maximum absolute atomic E-state index is 12.2. The molecule has 1 amide bonds. The predicted molar refractivity (Wildman–Crippen MR) is 99.5 cm³/mol. The van der Waals surface area contributed by atoms with Gasteiger partial charge in [0.15, 0.2) is 4.34 Å². The summed E-state index contributed by atoms with van der Waals surface area (Å²) < 4.78 is 0.812. The van der Waals surface area contributed by atoms with Crippen LogP contribution in [0.4, 0.5) is 5.13 Å². The van der Waals surface area contributed by atoms with Crippen molar-refractivity contribution in [2.24, 2.45) is 0 Å². The van der Waals surface area contributed by atoms with E-state index >= 15 is 0 Å². The molecule has 2 rings (SSSR count). The molecular formula is C15H20N4OS3. The highest BCUT2D eigenvalue weighted by molar-refractivity contribution is 8.01. The van der Waals surface area contributed by atoms with Crippen LogP contribution in [0.15, 0.2) is 33.5 Å². The lowest BCUT2D eigenvalue weighted by Crippen LogP contribution is -2.27. The average Bonchev–Trinajstić information content (AvgIpc) is 3.01. The molecule has 8 heteroatoms. The number of amides is 1. The van der Waals surface area contributed by atoms with Crippen molar-refractivity contribution in [3.63, 3.8) is 0 Å². The van der Waals surface area contributed by atoms with Crippen LogP contribution in [0.25, 0.3) is 0 Å². The van der Waals surface area contributed by atoms with Crippen molar-refractivity contribution < 1.29 is 4.79 Å². The SMILES string of the molecule is CCNc1nnc(SCC(=O)N(C)Cc2ccc(SC)cc2)s1. The molecule has 23 heavy (non-hydrogen) atoms. The van der Waals surface area contributed by atoms with Crippen LogP contribution in [0.2, 0.25) is 0 Å². The zero-order chi connectivity index (χ0) is 16.7. The minimum atomic E-state index is 0.0872. The van der Waals surface area contributed by atoms with E-state index in [-0.39, 0.29) is 5.91 Å². The molecule has 1 N–H and O–H groups in total. The second-order valence-electron chi connectivity index (χ2n) is 4.79. The van der Waals surface area contributed by atoms with Crippen molar-refractivity contribution >= 4 is 45.9 Å². The molecule has 0 fully saturated rings. The van der Waals surface area contributed by atoms with Crippen LogP contribution in [0.3, 0.4) is 0 Å². The first-order chi connectivity index (χ1) is 11.1. The van der Waals surface area contributed by atoms with Crippen molar-refractivity contribution in [2.45, 2.75) is 22.7 Å². The maximum Gasteiger partial charge on any atom is 0.233 e. The van der Waals surface area contributed by atoms with E-state index < -0.39 is 0 Å². The van der Waals surface area contributed by atoms with E-state index in [0.717, 1.165) is 21.6 Å². The highest BCUT2D eigenvalue weighted by atomic mass is 32.2. The monoisotopic (exact) mass is 368 g/mol. The van der Waals surface area contributed by atoms with Gasteiger partial charge in [0.1, 0.15) is 0 Å². The first kappa shape index (κ1) is 18.1. The molecule has 0 atom stereocenters. The second-order valence-corrected chi connectivity index (χ2v) is 7.87. The molecular weight excluding hydrogens is 348 g/mol. The lowest BCUT2D eigenvalue weighted by atomic mass is 10.2. The summed E-state index contributed by atoms with van der Waals surface area (Å²) in [5.74, 6) is 0.462. The quantitative estimate of drug-likeness (QED) is 0.720. The molecule has 0 aliphatic rings. The van der Waals surface area contributed by atoms with Crippen molar-refractivity contribution in [3.05, 3.63) is 29.8 Å². The first-order valence-electron chi connectivity index (χ1n) is 7.19. The normalized spacial score (nSPS) is 10.6. The predicted octanol–water partition coefficient (Wildman–Crippen LogP) is 3.44. The summed E-state index contributed by atoms with van der Waals surface area (Å²) in [5, 5.41) is 12.0. The Labute approximate surface area is 149 Å². The molecule has 0 radical (unpaired) electrons. The van der Waals surface area contributed by atoms with Crippen LogP contribution in [-0.4, -0.2) is 46.6 Å². The van der Waals surface area contributed by atoms with Gasteiger partial charge in [0.25, 0.3) is 0 Å². The number of hydrogen-bond donors (Lipinski definition) is 1. The van der Waals surface area contributed by atoms with Gasteiger partial charge in [-0.05, 0) is 30.9 Å². The van der Waals surface area contributed by atoms with Gasteiger partial charge in [0.2, 0.25) is 11.0 Å². The molecule has 5 nitrogen and oxygen atoms in total. The number of rotatable bonds is 8. The fourth-order valence-corrected chi connectivity index (χ4v) is 3.99. The van der Waals surface area contributed by atoms with Crippen LogP contribution in [-0.2, 0) is 11.3 Å². The van der Waals surface area contributed by atoms with Crippen molar-refractivity contribution in [1.29, 1.82) is 0 Å². The number of hydrogen-bond acceptors (Lipinski definition) is 7. The highest BCUT2D eigenvalue weighted by Gasteiger charge is 2.12. The van der Waals surface area contributed by atoms with E-state index in [0.29, 0.717) is 12.3 Å². The number of aromatic nitrogens is 2. The van der Waals surface area contributed by atoms with Gasteiger partial charge in [0, 0.05) is 25.0 Å². The average molecular weight is 369 g/mol. The fourth-order valence-electron chi connectivity index (χ4n) is 1.82. The summed E-state index contributed by atoms with van der Waals surface area (Å²) in [7, 11) is 1.83. The number of carbonyl (C=O) groups excluding carboxylic acids is 1. The number of thioether (sulfide) groups is 2. The molecule has 0 aliphatic heterocycles.